The van der Waals surface area contributed by atoms with E-state index in [9.17, 15) is 22.4 Å². The quantitative estimate of drug-likeness (QED) is 0.764. The van der Waals surface area contributed by atoms with Gasteiger partial charge in [0.15, 0.2) is 0 Å². The second-order valence-electron chi connectivity index (χ2n) is 7.95. The van der Waals surface area contributed by atoms with Gasteiger partial charge in [-0.05, 0) is 55.0 Å². The molecule has 154 valence electrons. The molecule has 0 spiro atoms. The lowest BCUT2D eigenvalue weighted by molar-refractivity contribution is -0.150. The third kappa shape index (κ3) is 4.27. The van der Waals surface area contributed by atoms with Crippen molar-refractivity contribution in [1.29, 1.82) is 0 Å². The van der Waals surface area contributed by atoms with Crippen LogP contribution < -0.4 is 5.32 Å². The van der Waals surface area contributed by atoms with Gasteiger partial charge in [0.25, 0.3) is 0 Å². The summed E-state index contributed by atoms with van der Waals surface area (Å²) in [7, 11) is 0. The first-order chi connectivity index (χ1) is 13.7. The fourth-order valence-corrected chi connectivity index (χ4v) is 4.60. The number of pyridine rings is 1. The van der Waals surface area contributed by atoms with Crippen molar-refractivity contribution < 1.29 is 22.4 Å². The molecule has 1 saturated carbocycles. The number of alkyl halides is 3. The highest BCUT2D eigenvalue weighted by molar-refractivity contribution is 5.94. The Bertz CT molecular complexity index is 930. The van der Waals surface area contributed by atoms with E-state index in [1.807, 2.05) is 13.0 Å². The van der Waals surface area contributed by atoms with Crippen LogP contribution in [0.1, 0.15) is 18.4 Å². The first-order valence-electron chi connectivity index (χ1n) is 9.53. The van der Waals surface area contributed by atoms with Crippen molar-refractivity contribution >= 4 is 11.6 Å². The molecule has 1 amide bonds. The van der Waals surface area contributed by atoms with Crippen LogP contribution in [0.4, 0.5) is 23.2 Å². The summed E-state index contributed by atoms with van der Waals surface area (Å²) in [6.07, 6.45) is -0.461. The number of amides is 1. The fraction of sp³-hybridized carbons (Fsp3) is 0.429. The SMILES string of the molecule is Cc1ccc(NC(=O)C2C[C@@H]3CC2CN3CC(F)(F)F)cc1-c1cncc(F)c1. The molecular weight excluding hydrogens is 386 g/mol. The van der Waals surface area contributed by atoms with E-state index in [0.29, 0.717) is 30.6 Å². The lowest BCUT2D eigenvalue weighted by Gasteiger charge is -2.31. The minimum atomic E-state index is -4.22. The lowest BCUT2D eigenvalue weighted by Crippen LogP contribution is -2.43. The standard InChI is InChI=1S/C21H21F4N3O/c1-12-2-3-16(6-18(12)13-4-15(22)9-26-8-13)27-20(29)19-7-17-5-14(19)10-28(17)11-21(23,24)25/h2-4,6,8-9,14,17,19H,5,7,10-11H2,1H3,(H,27,29)/t14?,17-,19?/m0/s1. The molecule has 2 aromatic rings. The van der Waals surface area contributed by atoms with Gasteiger partial charge in [0.2, 0.25) is 5.91 Å². The number of aromatic nitrogens is 1. The van der Waals surface area contributed by atoms with Gasteiger partial charge in [-0.1, -0.05) is 6.07 Å². The van der Waals surface area contributed by atoms with E-state index in [0.717, 1.165) is 17.3 Å². The molecule has 2 bridgehead atoms. The zero-order valence-corrected chi connectivity index (χ0v) is 15.8. The average molecular weight is 407 g/mol. The van der Waals surface area contributed by atoms with Crippen LogP contribution in [0.5, 0.6) is 0 Å². The van der Waals surface area contributed by atoms with E-state index in [1.54, 1.807) is 18.3 Å². The second kappa shape index (κ2) is 7.40. The molecule has 4 nitrogen and oxygen atoms in total. The number of nitrogens with one attached hydrogen (secondary N) is 1. The summed E-state index contributed by atoms with van der Waals surface area (Å²) in [5.74, 6) is -0.956. The van der Waals surface area contributed by atoms with Gasteiger partial charge in [-0.25, -0.2) is 4.39 Å². The number of hydrogen-bond acceptors (Lipinski definition) is 3. The number of halogens is 4. The molecule has 2 unspecified atom stereocenters. The van der Waals surface area contributed by atoms with Crippen LogP contribution in [-0.4, -0.2) is 41.1 Å². The van der Waals surface area contributed by atoms with Crippen LogP contribution in [0.25, 0.3) is 11.1 Å². The minimum Gasteiger partial charge on any atom is -0.326 e. The lowest BCUT2D eigenvalue weighted by atomic mass is 9.93. The molecular formula is C21H21F4N3O. The van der Waals surface area contributed by atoms with Gasteiger partial charge in [-0.2, -0.15) is 13.2 Å². The van der Waals surface area contributed by atoms with Crippen LogP contribution in [0, 0.1) is 24.6 Å². The molecule has 1 aromatic heterocycles. The van der Waals surface area contributed by atoms with E-state index in [-0.39, 0.29) is 23.8 Å². The molecule has 29 heavy (non-hydrogen) atoms. The largest absolute Gasteiger partial charge is 0.401 e. The Kier molecular flexibility index (Phi) is 5.06. The summed E-state index contributed by atoms with van der Waals surface area (Å²) in [5.41, 5.74) is 2.87. The number of fused-ring (bicyclic) bond motifs is 2. The number of benzene rings is 1. The van der Waals surface area contributed by atoms with Gasteiger partial charge in [0, 0.05) is 36.0 Å². The van der Waals surface area contributed by atoms with Gasteiger partial charge in [-0.15, -0.1) is 0 Å². The van der Waals surface area contributed by atoms with E-state index < -0.39 is 18.5 Å². The van der Waals surface area contributed by atoms with Gasteiger partial charge in [-0.3, -0.25) is 14.7 Å². The number of rotatable bonds is 4. The minimum absolute atomic E-state index is 0.0558. The predicted molar refractivity (Wildman–Crippen MR) is 101 cm³/mol. The maximum Gasteiger partial charge on any atom is 0.401 e. The number of aryl methyl sites for hydroxylation is 1. The summed E-state index contributed by atoms with van der Waals surface area (Å²) in [6.45, 7) is 1.28. The van der Waals surface area contributed by atoms with E-state index in [2.05, 4.69) is 10.3 Å². The third-order valence-corrected chi connectivity index (χ3v) is 5.90. The Morgan fingerprint density at radius 1 is 1.24 bits per heavy atom. The highest BCUT2D eigenvalue weighted by Gasteiger charge is 2.49. The van der Waals surface area contributed by atoms with Crippen molar-refractivity contribution in [1.82, 2.24) is 9.88 Å². The van der Waals surface area contributed by atoms with Crippen LogP contribution in [-0.2, 0) is 4.79 Å². The number of piperidine rings is 1. The molecule has 8 heteroatoms. The number of anilines is 1. The second-order valence-corrected chi connectivity index (χ2v) is 7.95. The molecule has 2 aliphatic rings. The van der Waals surface area contributed by atoms with E-state index in [1.165, 1.54) is 11.0 Å². The number of likely N-dealkylation sites (tertiary alicyclic amines) is 1. The first-order valence-corrected chi connectivity index (χ1v) is 9.53. The van der Waals surface area contributed by atoms with Crippen molar-refractivity contribution in [3.05, 3.63) is 48.0 Å². The van der Waals surface area contributed by atoms with Gasteiger partial charge in [0.1, 0.15) is 5.82 Å². The molecule has 3 atom stereocenters. The Labute approximate surface area is 165 Å². The summed E-state index contributed by atoms with van der Waals surface area (Å²) < 4.78 is 51.5. The van der Waals surface area contributed by atoms with Gasteiger partial charge < -0.3 is 5.32 Å². The number of carbonyl (C=O) groups is 1. The predicted octanol–water partition coefficient (Wildman–Crippen LogP) is 4.41. The summed E-state index contributed by atoms with van der Waals surface area (Å²) >= 11 is 0. The van der Waals surface area contributed by atoms with Crippen molar-refractivity contribution in [2.75, 3.05) is 18.4 Å². The van der Waals surface area contributed by atoms with Crippen LogP contribution in [0.15, 0.2) is 36.7 Å². The highest BCUT2D eigenvalue weighted by atomic mass is 19.4. The molecule has 1 aliphatic heterocycles. The molecule has 1 N–H and O–H groups in total. The maximum absolute atomic E-state index is 13.5. The molecule has 1 aliphatic carbocycles. The molecule has 1 saturated heterocycles. The molecule has 1 aromatic carbocycles. The molecule has 4 rings (SSSR count). The summed E-state index contributed by atoms with van der Waals surface area (Å²) in [4.78, 5) is 18.1. The number of carbonyl (C=O) groups excluding carboxylic acids is 1. The van der Waals surface area contributed by atoms with Crippen LogP contribution >= 0.6 is 0 Å². The van der Waals surface area contributed by atoms with Crippen molar-refractivity contribution in [3.63, 3.8) is 0 Å². The third-order valence-electron chi connectivity index (χ3n) is 5.90. The maximum atomic E-state index is 13.5. The zero-order valence-electron chi connectivity index (χ0n) is 15.8. The monoisotopic (exact) mass is 407 g/mol. The van der Waals surface area contributed by atoms with Crippen molar-refractivity contribution in [3.8, 4) is 11.1 Å². The van der Waals surface area contributed by atoms with Crippen LogP contribution in [0.3, 0.4) is 0 Å². The Morgan fingerprint density at radius 2 is 2.03 bits per heavy atom. The Morgan fingerprint density at radius 3 is 2.69 bits per heavy atom. The summed E-state index contributed by atoms with van der Waals surface area (Å²) in [6, 6.07) is 6.57. The number of hydrogen-bond donors (Lipinski definition) is 1. The van der Waals surface area contributed by atoms with Crippen molar-refractivity contribution in [2.24, 2.45) is 11.8 Å². The average Bonchev–Trinajstić information content (AvgIpc) is 3.22. The van der Waals surface area contributed by atoms with Gasteiger partial charge in [0.05, 0.1) is 12.7 Å². The topological polar surface area (TPSA) is 45.2 Å². The number of nitrogens with zero attached hydrogens (tertiary/aromatic N) is 2. The Hall–Kier alpha value is -2.48. The van der Waals surface area contributed by atoms with E-state index >= 15 is 0 Å². The molecule has 2 fully saturated rings. The normalized spacial score (nSPS) is 24.1. The molecule has 0 radical (unpaired) electrons. The smallest absolute Gasteiger partial charge is 0.326 e. The van der Waals surface area contributed by atoms with Gasteiger partial charge >= 0.3 is 6.18 Å². The first kappa shape index (κ1) is 19.8. The highest BCUT2D eigenvalue weighted by Crippen LogP contribution is 2.43. The zero-order chi connectivity index (χ0) is 20.8. The van der Waals surface area contributed by atoms with Crippen LogP contribution in [0.2, 0.25) is 0 Å². The van der Waals surface area contributed by atoms with E-state index in [4.69, 9.17) is 0 Å². The summed E-state index contributed by atoms with van der Waals surface area (Å²) in [5, 5.41) is 2.89. The van der Waals surface area contributed by atoms with Crippen molar-refractivity contribution in [2.45, 2.75) is 32.0 Å². The molecule has 2 heterocycles. The fourth-order valence-electron chi connectivity index (χ4n) is 4.60. The Balaban J connectivity index is 1.45.